The van der Waals surface area contributed by atoms with E-state index in [9.17, 15) is 5.11 Å². The SMILES string of the molecule is CNc1nc(Cl)nc2c1ncn2[C@H]1CC(O)CS1. The monoisotopic (exact) mass is 285 g/mol. The Labute approximate surface area is 113 Å². The van der Waals surface area contributed by atoms with Gasteiger partial charge in [0.1, 0.15) is 0 Å². The van der Waals surface area contributed by atoms with Gasteiger partial charge < -0.3 is 15.0 Å². The van der Waals surface area contributed by atoms with Gasteiger partial charge in [-0.2, -0.15) is 9.97 Å². The van der Waals surface area contributed by atoms with Gasteiger partial charge in [-0.1, -0.05) is 0 Å². The number of imidazole rings is 1. The summed E-state index contributed by atoms with van der Waals surface area (Å²) in [5.74, 6) is 1.36. The fourth-order valence-electron chi connectivity index (χ4n) is 2.06. The number of fused-ring (bicyclic) bond motifs is 1. The Morgan fingerprint density at radius 2 is 2.39 bits per heavy atom. The normalized spacial score (nSPS) is 23.7. The lowest BCUT2D eigenvalue weighted by Gasteiger charge is -2.11. The number of hydrogen-bond donors (Lipinski definition) is 2. The van der Waals surface area contributed by atoms with Crippen molar-refractivity contribution in [3.8, 4) is 0 Å². The molecule has 3 rings (SSSR count). The maximum absolute atomic E-state index is 9.60. The molecule has 1 aliphatic heterocycles. The summed E-state index contributed by atoms with van der Waals surface area (Å²) in [7, 11) is 1.77. The van der Waals surface area contributed by atoms with E-state index in [1.54, 1.807) is 25.1 Å². The number of hydrogen-bond acceptors (Lipinski definition) is 6. The predicted molar refractivity (Wildman–Crippen MR) is 72.0 cm³/mol. The second-order valence-electron chi connectivity index (χ2n) is 4.09. The first-order valence-electron chi connectivity index (χ1n) is 5.56. The summed E-state index contributed by atoms with van der Waals surface area (Å²) in [6.45, 7) is 0. The van der Waals surface area contributed by atoms with E-state index < -0.39 is 0 Å². The summed E-state index contributed by atoms with van der Waals surface area (Å²) in [6.07, 6.45) is 2.16. The number of aliphatic hydroxyl groups is 1. The third kappa shape index (κ3) is 1.92. The molecular formula is C10H12ClN5OS. The summed E-state index contributed by atoms with van der Waals surface area (Å²) in [4.78, 5) is 12.6. The number of aliphatic hydroxyl groups excluding tert-OH is 1. The summed E-state index contributed by atoms with van der Waals surface area (Å²) in [6, 6.07) is 0. The molecule has 1 aliphatic rings. The van der Waals surface area contributed by atoms with Gasteiger partial charge in [0.2, 0.25) is 5.28 Å². The second kappa shape index (κ2) is 4.56. The van der Waals surface area contributed by atoms with E-state index in [2.05, 4.69) is 20.3 Å². The van der Waals surface area contributed by atoms with Crippen molar-refractivity contribution in [2.45, 2.75) is 17.9 Å². The van der Waals surface area contributed by atoms with Crippen molar-refractivity contribution in [2.24, 2.45) is 0 Å². The van der Waals surface area contributed by atoms with Gasteiger partial charge in [0.05, 0.1) is 17.8 Å². The first-order valence-corrected chi connectivity index (χ1v) is 6.99. The van der Waals surface area contributed by atoms with Crippen LogP contribution in [0.15, 0.2) is 6.33 Å². The maximum Gasteiger partial charge on any atom is 0.226 e. The van der Waals surface area contributed by atoms with Crippen molar-refractivity contribution in [3.63, 3.8) is 0 Å². The van der Waals surface area contributed by atoms with Gasteiger partial charge in [0.15, 0.2) is 17.0 Å². The minimum atomic E-state index is -0.265. The van der Waals surface area contributed by atoms with E-state index in [0.717, 1.165) is 5.75 Å². The quantitative estimate of drug-likeness (QED) is 0.815. The molecule has 2 aromatic heterocycles. The van der Waals surface area contributed by atoms with E-state index in [1.165, 1.54) is 0 Å². The molecule has 8 heteroatoms. The Morgan fingerprint density at radius 3 is 3.06 bits per heavy atom. The fourth-order valence-corrected chi connectivity index (χ4v) is 3.48. The third-order valence-corrected chi connectivity index (χ3v) is 4.45. The highest BCUT2D eigenvalue weighted by Gasteiger charge is 2.27. The van der Waals surface area contributed by atoms with E-state index >= 15 is 0 Å². The molecule has 1 saturated heterocycles. The van der Waals surface area contributed by atoms with Crippen LogP contribution in [0.25, 0.3) is 11.2 Å². The Hall–Kier alpha value is -1.05. The van der Waals surface area contributed by atoms with Crippen LogP contribution in [0.5, 0.6) is 0 Å². The third-order valence-electron chi connectivity index (χ3n) is 2.90. The largest absolute Gasteiger partial charge is 0.392 e. The molecule has 0 amide bonds. The molecule has 0 aromatic carbocycles. The van der Waals surface area contributed by atoms with Crippen molar-refractivity contribution < 1.29 is 5.11 Å². The van der Waals surface area contributed by atoms with E-state index in [4.69, 9.17) is 11.6 Å². The summed E-state index contributed by atoms with van der Waals surface area (Å²) in [5.41, 5.74) is 1.40. The smallest absolute Gasteiger partial charge is 0.226 e. The maximum atomic E-state index is 9.60. The first kappa shape index (κ1) is 12.0. The van der Waals surface area contributed by atoms with Crippen LogP contribution in [0.4, 0.5) is 5.82 Å². The van der Waals surface area contributed by atoms with Crippen molar-refractivity contribution in [3.05, 3.63) is 11.6 Å². The second-order valence-corrected chi connectivity index (χ2v) is 5.64. The van der Waals surface area contributed by atoms with Crippen LogP contribution in [0.2, 0.25) is 5.28 Å². The number of nitrogens with zero attached hydrogens (tertiary/aromatic N) is 4. The molecule has 1 unspecified atom stereocenters. The molecule has 1 fully saturated rings. The van der Waals surface area contributed by atoms with Crippen LogP contribution in [0, 0.1) is 0 Å². The van der Waals surface area contributed by atoms with Crippen molar-refractivity contribution in [2.75, 3.05) is 18.1 Å². The van der Waals surface area contributed by atoms with Gasteiger partial charge in [-0.25, -0.2) is 4.98 Å². The molecule has 0 spiro atoms. The average Bonchev–Trinajstić information content (AvgIpc) is 2.93. The Kier molecular flexibility index (Phi) is 3.04. The molecule has 3 heterocycles. The highest BCUT2D eigenvalue weighted by molar-refractivity contribution is 7.99. The van der Waals surface area contributed by atoms with Crippen LogP contribution in [0.3, 0.4) is 0 Å². The molecule has 0 saturated carbocycles. The molecule has 0 radical (unpaired) electrons. The molecule has 2 atom stereocenters. The van der Waals surface area contributed by atoms with Crippen molar-refractivity contribution in [1.29, 1.82) is 0 Å². The van der Waals surface area contributed by atoms with Crippen molar-refractivity contribution in [1.82, 2.24) is 19.5 Å². The van der Waals surface area contributed by atoms with Gasteiger partial charge in [-0.3, -0.25) is 0 Å². The van der Waals surface area contributed by atoms with E-state index in [-0.39, 0.29) is 16.8 Å². The summed E-state index contributed by atoms with van der Waals surface area (Å²) < 4.78 is 1.95. The number of nitrogens with one attached hydrogen (secondary N) is 1. The number of thioether (sulfide) groups is 1. The van der Waals surface area contributed by atoms with E-state index in [0.29, 0.717) is 23.4 Å². The first-order chi connectivity index (χ1) is 8.69. The lowest BCUT2D eigenvalue weighted by molar-refractivity contribution is 0.191. The highest BCUT2D eigenvalue weighted by Crippen LogP contribution is 2.38. The van der Waals surface area contributed by atoms with Crippen LogP contribution in [-0.2, 0) is 0 Å². The Bertz CT molecular complexity index is 589. The highest BCUT2D eigenvalue weighted by atomic mass is 35.5. The lowest BCUT2D eigenvalue weighted by atomic mass is 10.3. The van der Waals surface area contributed by atoms with Crippen LogP contribution >= 0.6 is 23.4 Å². The lowest BCUT2D eigenvalue weighted by Crippen LogP contribution is -2.07. The molecular weight excluding hydrogens is 274 g/mol. The standard InChI is InChI=1S/C10H12ClN5OS/c1-12-8-7-9(15-10(11)14-8)16(4-13-7)6-2-5(17)3-18-6/h4-6,17H,2-3H2,1H3,(H,12,14,15)/t5?,6-/m1/s1. The number of rotatable bonds is 2. The molecule has 0 aliphatic carbocycles. The van der Waals surface area contributed by atoms with Crippen LogP contribution < -0.4 is 5.32 Å². The molecule has 18 heavy (non-hydrogen) atoms. The number of aromatic nitrogens is 4. The van der Waals surface area contributed by atoms with Gasteiger partial charge in [-0.05, 0) is 11.6 Å². The predicted octanol–water partition coefficient (Wildman–Crippen LogP) is 1.52. The van der Waals surface area contributed by atoms with Gasteiger partial charge in [0.25, 0.3) is 0 Å². The molecule has 6 nitrogen and oxygen atoms in total. The fraction of sp³-hybridized carbons (Fsp3) is 0.500. The van der Waals surface area contributed by atoms with Crippen LogP contribution in [-0.4, -0.2) is 43.5 Å². The average molecular weight is 286 g/mol. The number of anilines is 1. The summed E-state index contributed by atoms with van der Waals surface area (Å²) in [5, 5.41) is 12.9. The molecule has 0 bridgehead atoms. The topological polar surface area (TPSA) is 75.9 Å². The minimum absolute atomic E-state index is 0.153. The van der Waals surface area contributed by atoms with Gasteiger partial charge in [-0.15, -0.1) is 11.8 Å². The zero-order valence-electron chi connectivity index (χ0n) is 9.67. The van der Waals surface area contributed by atoms with Gasteiger partial charge in [0, 0.05) is 19.2 Å². The van der Waals surface area contributed by atoms with Crippen molar-refractivity contribution >= 4 is 40.3 Å². The van der Waals surface area contributed by atoms with Gasteiger partial charge >= 0.3 is 0 Å². The van der Waals surface area contributed by atoms with Crippen LogP contribution in [0.1, 0.15) is 11.8 Å². The molecule has 2 aromatic rings. The minimum Gasteiger partial charge on any atom is -0.392 e. The zero-order chi connectivity index (χ0) is 12.7. The summed E-state index contributed by atoms with van der Waals surface area (Å²) >= 11 is 7.60. The van der Waals surface area contributed by atoms with E-state index in [1.807, 2.05) is 4.57 Å². The Morgan fingerprint density at radius 1 is 1.56 bits per heavy atom. The molecule has 96 valence electrons. The number of halogens is 1. The Balaban J connectivity index is 2.11. The zero-order valence-corrected chi connectivity index (χ0v) is 11.2. The molecule has 2 N–H and O–H groups in total.